The molecule has 5 heteroatoms. The summed E-state index contributed by atoms with van der Waals surface area (Å²) in [7, 11) is 0. The number of benzene rings is 2. The SMILES string of the molecule is C=NN1/C(=C(\N)c2ccc(F)cc2)CNCc2ccccc21. The summed E-state index contributed by atoms with van der Waals surface area (Å²) in [5.41, 5.74) is 10.5. The first-order valence-corrected chi connectivity index (χ1v) is 7.00. The average molecular weight is 296 g/mol. The second-order valence-corrected chi connectivity index (χ2v) is 5.05. The topological polar surface area (TPSA) is 53.6 Å². The first-order chi connectivity index (χ1) is 10.7. The van der Waals surface area contributed by atoms with Gasteiger partial charge in [-0.15, -0.1) is 0 Å². The predicted octanol–water partition coefficient (Wildman–Crippen LogP) is 2.68. The third-order valence-corrected chi connectivity index (χ3v) is 3.69. The van der Waals surface area contributed by atoms with Crippen LogP contribution in [0.15, 0.2) is 59.3 Å². The molecule has 3 rings (SSSR count). The van der Waals surface area contributed by atoms with Gasteiger partial charge in [0.2, 0.25) is 0 Å². The van der Waals surface area contributed by atoms with Crippen LogP contribution in [0.3, 0.4) is 0 Å². The third-order valence-electron chi connectivity index (χ3n) is 3.69. The maximum atomic E-state index is 13.1. The fourth-order valence-electron chi connectivity index (χ4n) is 2.57. The molecular formula is C17H17FN4. The lowest BCUT2D eigenvalue weighted by molar-refractivity contribution is 0.627. The number of hydrogen-bond donors (Lipinski definition) is 2. The van der Waals surface area contributed by atoms with Crippen molar-refractivity contribution < 1.29 is 4.39 Å². The highest BCUT2D eigenvalue weighted by molar-refractivity contribution is 5.73. The Hall–Kier alpha value is -2.66. The van der Waals surface area contributed by atoms with Gasteiger partial charge in [0.05, 0.1) is 17.1 Å². The van der Waals surface area contributed by atoms with Gasteiger partial charge in [-0.2, -0.15) is 5.10 Å². The van der Waals surface area contributed by atoms with E-state index in [4.69, 9.17) is 5.73 Å². The zero-order valence-electron chi connectivity index (χ0n) is 12.1. The molecule has 0 amide bonds. The van der Waals surface area contributed by atoms with Crippen molar-refractivity contribution in [1.29, 1.82) is 0 Å². The Labute approximate surface area is 128 Å². The van der Waals surface area contributed by atoms with E-state index in [2.05, 4.69) is 17.1 Å². The summed E-state index contributed by atoms with van der Waals surface area (Å²) in [6, 6.07) is 14.1. The summed E-state index contributed by atoms with van der Waals surface area (Å²) in [4.78, 5) is 0. The van der Waals surface area contributed by atoms with E-state index < -0.39 is 0 Å². The molecule has 0 bridgehead atoms. The van der Waals surface area contributed by atoms with Gasteiger partial charge < -0.3 is 11.1 Å². The standard InChI is InChI=1S/C17H17FN4/c1-20-22-15-5-3-2-4-13(15)10-21-11-16(22)17(19)12-6-8-14(18)9-7-12/h2-9,21H,1,10-11,19H2/b17-16-. The molecule has 0 saturated carbocycles. The molecular weight excluding hydrogens is 279 g/mol. The van der Waals surface area contributed by atoms with Crippen LogP contribution < -0.4 is 16.1 Å². The van der Waals surface area contributed by atoms with E-state index in [0.717, 1.165) is 29.1 Å². The number of para-hydroxylation sites is 1. The molecule has 2 aromatic rings. The highest BCUT2D eigenvalue weighted by Crippen LogP contribution is 2.29. The molecule has 1 aliphatic rings. The number of fused-ring (bicyclic) bond motifs is 1. The van der Waals surface area contributed by atoms with Crippen LogP contribution in [0, 0.1) is 5.82 Å². The van der Waals surface area contributed by atoms with Gasteiger partial charge in [0.25, 0.3) is 0 Å². The molecule has 0 fully saturated rings. The van der Waals surface area contributed by atoms with Gasteiger partial charge in [-0.05, 0) is 41.5 Å². The lowest BCUT2D eigenvalue weighted by Gasteiger charge is -2.23. The Morgan fingerprint density at radius 1 is 1.14 bits per heavy atom. The molecule has 22 heavy (non-hydrogen) atoms. The van der Waals surface area contributed by atoms with Crippen LogP contribution >= 0.6 is 0 Å². The lowest BCUT2D eigenvalue weighted by atomic mass is 10.1. The van der Waals surface area contributed by atoms with Crippen LogP contribution in [-0.2, 0) is 6.54 Å². The van der Waals surface area contributed by atoms with Crippen molar-refractivity contribution in [3.05, 3.63) is 71.2 Å². The van der Waals surface area contributed by atoms with Crippen molar-refractivity contribution >= 4 is 18.1 Å². The fourth-order valence-corrected chi connectivity index (χ4v) is 2.57. The quantitative estimate of drug-likeness (QED) is 0.838. The molecule has 0 aromatic heterocycles. The van der Waals surface area contributed by atoms with Gasteiger partial charge in [-0.25, -0.2) is 9.40 Å². The van der Waals surface area contributed by atoms with Gasteiger partial charge in [-0.1, -0.05) is 18.2 Å². The minimum Gasteiger partial charge on any atom is -0.397 e. The molecule has 0 spiro atoms. The van der Waals surface area contributed by atoms with Crippen LogP contribution in [0.4, 0.5) is 10.1 Å². The van der Waals surface area contributed by atoms with Crippen molar-refractivity contribution in [1.82, 2.24) is 5.32 Å². The number of hydrogen-bond acceptors (Lipinski definition) is 4. The van der Waals surface area contributed by atoms with E-state index in [-0.39, 0.29) is 5.82 Å². The van der Waals surface area contributed by atoms with Gasteiger partial charge >= 0.3 is 0 Å². The first-order valence-electron chi connectivity index (χ1n) is 7.00. The molecule has 0 atom stereocenters. The van der Waals surface area contributed by atoms with Crippen LogP contribution in [0.1, 0.15) is 11.1 Å². The van der Waals surface area contributed by atoms with E-state index >= 15 is 0 Å². The Kier molecular flexibility index (Phi) is 3.89. The van der Waals surface area contributed by atoms with Crippen LogP contribution in [0.25, 0.3) is 5.70 Å². The van der Waals surface area contributed by atoms with E-state index in [0.29, 0.717) is 12.2 Å². The number of rotatable bonds is 2. The molecule has 112 valence electrons. The highest BCUT2D eigenvalue weighted by Gasteiger charge is 2.21. The summed E-state index contributed by atoms with van der Waals surface area (Å²) in [6.45, 7) is 4.94. The van der Waals surface area contributed by atoms with Gasteiger partial charge in [0.15, 0.2) is 0 Å². The number of anilines is 1. The molecule has 3 N–H and O–H groups in total. The number of hydrazone groups is 1. The van der Waals surface area contributed by atoms with Crippen LogP contribution in [0.5, 0.6) is 0 Å². The van der Waals surface area contributed by atoms with E-state index in [1.165, 1.54) is 12.1 Å². The maximum Gasteiger partial charge on any atom is 0.123 e. The van der Waals surface area contributed by atoms with Crippen molar-refractivity contribution in [2.24, 2.45) is 10.8 Å². The number of nitrogens with one attached hydrogen (secondary N) is 1. The van der Waals surface area contributed by atoms with Crippen LogP contribution in [0.2, 0.25) is 0 Å². The smallest absolute Gasteiger partial charge is 0.123 e. The Morgan fingerprint density at radius 2 is 1.86 bits per heavy atom. The van der Waals surface area contributed by atoms with Crippen LogP contribution in [-0.4, -0.2) is 13.3 Å². The molecule has 4 nitrogen and oxygen atoms in total. The highest BCUT2D eigenvalue weighted by atomic mass is 19.1. The van der Waals surface area contributed by atoms with Crippen molar-refractivity contribution in [2.75, 3.05) is 11.6 Å². The molecule has 0 radical (unpaired) electrons. The summed E-state index contributed by atoms with van der Waals surface area (Å²) in [5, 5.41) is 9.21. The van der Waals surface area contributed by atoms with E-state index in [9.17, 15) is 4.39 Å². The van der Waals surface area contributed by atoms with E-state index in [1.807, 2.05) is 24.3 Å². The number of halogens is 1. The Bertz CT molecular complexity index is 722. The zero-order valence-corrected chi connectivity index (χ0v) is 12.1. The predicted molar refractivity (Wildman–Crippen MR) is 87.7 cm³/mol. The summed E-state index contributed by atoms with van der Waals surface area (Å²) >= 11 is 0. The zero-order chi connectivity index (χ0) is 15.5. The largest absolute Gasteiger partial charge is 0.397 e. The fraction of sp³-hybridized carbons (Fsp3) is 0.118. The molecule has 2 aromatic carbocycles. The molecule has 0 aliphatic carbocycles. The van der Waals surface area contributed by atoms with Gasteiger partial charge in [0.1, 0.15) is 5.82 Å². The monoisotopic (exact) mass is 296 g/mol. The Morgan fingerprint density at radius 3 is 2.59 bits per heavy atom. The molecule has 0 unspecified atom stereocenters. The second kappa shape index (κ2) is 5.99. The first kappa shape index (κ1) is 14.3. The Balaban J connectivity index is 2.10. The average Bonchev–Trinajstić information content (AvgIpc) is 2.73. The minimum absolute atomic E-state index is 0.287. The van der Waals surface area contributed by atoms with Gasteiger partial charge in [0, 0.05) is 19.8 Å². The van der Waals surface area contributed by atoms with Crippen molar-refractivity contribution in [2.45, 2.75) is 6.54 Å². The van der Waals surface area contributed by atoms with E-state index in [1.54, 1.807) is 17.1 Å². The minimum atomic E-state index is -0.287. The summed E-state index contributed by atoms with van der Waals surface area (Å²) < 4.78 is 13.1. The number of nitrogens with zero attached hydrogens (tertiary/aromatic N) is 2. The normalized spacial score (nSPS) is 16.7. The number of nitrogens with two attached hydrogens (primary N) is 1. The molecule has 1 heterocycles. The second-order valence-electron chi connectivity index (χ2n) is 5.05. The van der Waals surface area contributed by atoms with Crippen molar-refractivity contribution in [3.8, 4) is 0 Å². The molecule has 0 saturated heterocycles. The maximum absolute atomic E-state index is 13.1. The third kappa shape index (κ3) is 2.58. The summed E-state index contributed by atoms with van der Waals surface area (Å²) in [5.74, 6) is -0.287. The van der Waals surface area contributed by atoms with Crippen molar-refractivity contribution in [3.63, 3.8) is 0 Å². The lowest BCUT2D eigenvalue weighted by Crippen LogP contribution is -2.25. The summed E-state index contributed by atoms with van der Waals surface area (Å²) in [6.07, 6.45) is 0. The molecule has 1 aliphatic heterocycles. The van der Waals surface area contributed by atoms with Gasteiger partial charge in [-0.3, -0.25) is 0 Å².